The summed E-state index contributed by atoms with van der Waals surface area (Å²) in [6.45, 7) is 3.51. The lowest BCUT2D eigenvalue weighted by atomic mass is 9.89. The Morgan fingerprint density at radius 1 is 1.22 bits per heavy atom. The highest BCUT2D eigenvalue weighted by Crippen LogP contribution is 2.44. The van der Waals surface area contributed by atoms with Crippen LogP contribution in [0.1, 0.15) is 19.3 Å². The third kappa shape index (κ3) is 2.68. The maximum Gasteiger partial charge on any atom is 0.119 e. The Bertz CT molecular complexity index is 383. The van der Waals surface area contributed by atoms with E-state index in [4.69, 9.17) is 4.74 Å². The van der Waals surface area contributed by atoms with E-state index < -0.39 is 0 Å². The molecule has 0 amide bonds. The predicted molar refractivity (Wildman–Crippen MR) is 70.7 cm³/mol. The van der Waals surface area contributed by atoms with Crippen LogP contribution in [0.15, 0.2) is 30.3 Å². The van der Waals surface area contributed by atoms with Crippen LogP contribution in [0.5, 0.6) is 5.75 Å². The number of β-amino-alcohol motifs (C(OH)–C–C–N with tert-alkyl or cyclic N) is 1. The summed E-state index contributed by atoms with van der Waals surface area (Å²) in [5, 5.41) is 10.2. The summed E-state index contributed by atoms with van der Waals surface area (Å²) in [6, 6.07) is 9.93. The van der Waals surface area contributed by atoms with Gasteiger partial charge in [-0.1, -0.05) is 18.2 Å². The maximum absolute atomic E-state index is 10.2. The van der Waals surface area contributed by atoms with Gasteiger partial charge >= 0.3 is 0 Å². The molecule has 1 aromatic carbocycles. The first-order chi connectivity index (χ1) is 8.76. The van der Waals surface area contributed by atoms with Gasteiger partial charge in [0.2, 0.25) is 0 Å². The fourth-order valence-corrected chi connectivity index (χ4v) is 2.76. The topological polar surface area (TPSA) is 32.7 Å². The molecule has 3 heteroatoms. The van der Waals surface area contributed by atoms with Crippen LogP contribution in [0.3, 0.4) is 0 Å². The number of aliphatic hydroxyl groups is 1. The molecule has 1 aliphatic carbocycles. The van der Waals surface area contributed by atoms with Gasteiger partial charge in [-0.15, -0.1) is 0 Å². The summed E-state index contributed by atoms with van der Waals surface area (Å²) < 4.78 is 5.65. The second-order valence-corrected chi connectivity index (χ2v) is 5.60. The summed E-state index contributed by atoms with van der Waals surface area (Å²) in [5.74, 6) is 1.53. The van der Waals surface area contributed by atoms with Crippen molar-refractivity contribution in [1.29, 1.82) is 0 Å². The number of rotatable bonds is 6. The first kappa shape index (κ1) is 12.0. The highest BCUT2D eigenvalue weighted by Gasteiger charge is 2.51. The van der Waals surface area contributed by atoms with E-state index in [-0.39, 0.29) is 5.60 Å². The van der Waals surface area contributed by atoms with Crippen LogP contribution in [0.25, 0.3) is 0 Å². The minimum absolute atomic E-state index is 0.347. The summed E-state index contributed by atoms with van der Waals surface area (Å²) in [7, 11) is 0. The molecule has 3 nitrogen and oxygen atoms in total. The van der Waals surface area contributed by atoms with Gasteiger partial charge in [0.15, 0.2) is 0 Å². The second kappa shape index (κ2) is 4.90. The number of ether oxygens (including phenoxy) is 1. The Labute approximate surface area is 108 Å². The van der Waals surface area contributed by atoms with Crippen molar-refractivity contribution in [3.8, 4) is 5.75 Å². The van der Waals surface area contributed by atoms with Crippen molar-refractivity contribution in [1.82, 2.24) is 4.90 Å². The fraction of sp³-hybridized carbons (Fsp3) is 0.600. The first-order valence-corrected chi connectivity index (χ1v) is 6.89. The van der Waals surface area contributed by atoms with Gasteiger partial charge in [0.05, 0.1) is 12.2 Å². The summed E-state index contributed by atoms with van der Waals surface area (Å²) in [4.78, 5) is 2.33. The standard InChI is InChI=1S/C15H21NO2/c17-15(13-7-8-13)11-16(12-15)9-4-10-18-14-5-2-1-3-6-14/h1-3,5-6,13,17H,4,7-12H2. The molecule has 3 rings (SSSR count). The summed E-state index contributed by atoms with van der Waals surface area (Å²) >= 11 is 0. The van der Waals surface area contributed by atoms with Gasteiger partial charge in [-0.3, -0.25) is 4.90 Å². The normalized spacial score (nSPS) is 22.5. The van der Waals surface area contributed by atoms with Crippen molar-refractivity contribution in [2.75, 3.05) is 26.2 Å². The van der Waals surface area contributed by atoms with Gasteiger partial charge in [-0.05, 0) is 37.3 Å². The van der Waals surface area contributed by atoms with Crippen LogP contribution >= 0.6 is 0 Å². The zero-order valence-corrected chi connectivity index (χ0v) is 10.7. The van der Waals surface area contributed by atoms with E-state index in [1.54, 1.807) is 0 Å². The zero-order valence-electron chi connectivity index (χ0n) is 10.7. The van der Waals surface area contributed by atoms with E-state index in [1.165, 1.54) is 12.8 Å². The van der Waals surface area contributed by atoms with E-state index in [0.29, 0.717) is 5.92 Å². The van der Waals surface area contributed by atoms with E-state index in [1.807, 2.05) is 30.3 Å². The van der Waals surface area contributed by atoms with Crippen LogP contribution in [-0.4, -0.2) is 41.8 Å². The molecule has 2 fully saturated rings. The molecule has 18 heavy (non-hydrogen) atoms. The molecule has 0 bridgehead atoms. The van der Waals surface area contributed by atoms with Crippen molar-refractivity contribution in [2.24, 2.45) is 5.92 Å². The smallest absolute Gasteiger partial charge is 0.119 e. The van der Waals surface area contributed by atoms with Crippen LogP contribution in [0, 0.1) is 5.92 Å². The Hall–Kier alpha value is -1.06. The van der Waals surface area contributed by atoms with E-state index >= 15 is 0 Å². The van der Waals surface area contributed by atoms with Crippen molar-refractivity contribution in [3.63, 3.8) is 0 Å². The molecule has 1 saturated carbocycles. The molecular formula is C15H21NO2. The van der Waals surface area contributed by atoms with E-state index in [2.05, 4.69) is 4.90 Å². The van der Waals surface area contributed by atoms with Crippen molar-refractivity contribution in [3.05, 3.63) is 30.3 Å². The number of benzene rings is 1. The SMILES string of the molecule is OC1(C2CC2)CN(CCCOc2ccccc2)C1. The number of nitrogens with zero attached hydrogens (tertiary/aromatic N) is 1. The molecule has 1 saturated heterocycles. The number of hydrogen-bond donors (Lipinski definition) is 1. The van der Waals surface area contributed by atoms with Gasteiger partial charge in [0.1, 0.15) is 5.75 Å². The lowest BCUT2D eigenvalue weighted by Crippen LogP contribution is -2.63. The molecule has 0 spiro atoms. The fourth-order valence-electron chi connectivity index (χ4n) is 2.76. The highest BCUT2D eigenvalue weighted by atomic mass is 16.5. The third-order valence-corrected chi connectivity index (χ3v) is 3.96. The molecule has 1 N–H and O–H groups in total. The molecule has 1 aliphatic heterocycles. The molecular weight excluding hydrogens is 226 g/mol. The van der Waals surface area contributed by atoms with Crippen LogP contribution in [-0.2, 0) is 0 Å². The Kier molecular flexibility index (Phi) is 3.27. The molecule has 0 aromatic heterocycles. The van der Waals surface area contributed by atoms with Crippen LogP contribution < -0.4 is 4.74 Å². The van der Waals surface area contributed by atoms with Gasteiger partial charge < -0.3 is 9.84 Å². The van der Waals surface area contributed by atoms with Crippen molar-refractivity contribution < 1.29 is 9.84 Å². The third-order valence-electron chi connectivity index (χ3n) is 3.96. The lowest BCUT2D eigenvalue weighted by Gasteiger charge is -2.47. The predicted octanol–water partition coefficient (Wildman–Crippen LogP) is 1.91. The highest BCUT2D eigenvalue weighted by molar-refractivity contribution is 5.20. The summed E-state index contributed by atoms with van der Waals surface area (Å²) in [6.07, 6.45) is 3.47. The van der Waals surface area contributed by atoms with Crippen molar-refractivity contribution >= 4 is 0 Å². The Balaban J connectivity index is 1.30. The number of hydrogen-bond acceptors (Lipinski definition) is 3. The number of para-hydroxylation sites is 1. The molecule has 98 valence electrons. The first-order valence-electron chi connectivity index (χ1n) is 6.89. The van der Waals surface area contributed by atoms with Crippen molar-refractivity contribution in [2.45, 2.75) is 24.9 Å². The van der Waals surface area contributed by atoms with Crippen LogP contribution in [0.2, 0.25) is 0 Å². The molecule has 0 unspecified atom stereocenters. The second-order valence-electron chi connectivity index (χ2n) is 5.60. The van der Waals surface area contributed by atoms with Gasteiger partial charge in [0.25, 0.3) is 0 Å². The maximum atomic E-state index is 10.2. The zero-order chi connectivity index (χ0) is 12.4. The summed E-state index contributed by atoms with van der Waals surface area (Å²) in [5.41, 5.74) is -0.347. The average Bonchev–Trinajstić information content (AvgIpc) is 3.17. The van der Waals surface area contributed by atoms with Gasteiger partial charge in [-0.2, -0.15) is 0 Å². The largest absolute Gasteiger partial charge is 0.494 e. The quantitative estimate of drug-likeness (QED) is 0.779. The molecule has 0 radical (unpaired) electrons. The monoisotopic (exact) mass is 247 g/mol. The molecule has 1 heterocycles. The van der Waals surface area contributed by atoms with Crippen LogP contribution in [0.4, 0.5) is 0 Å². The van der Waals surface area contributed by atoms with Gasteiger partial charge in [-0.25, -0.2) is 0 Å². The minimum Gasteiger partial charge on any atom is -0.494 e. The molecule has 2 aliphatic rings. The van der Waals surface area contributed by atoms with Gasteiger partial charge in [0, 0.05) is 19.6 Å². The average molecular weight is 247 g/mol. The van der Waals surface area contributed by atoms with E-state index in [9.17, 15) is 5.11 Å². The van der Waals surface area contributed by atoms with E-state index in [0.717, 1.165) is 38.4 Å². The molecule has 0 atom stereocenters. The number of likely N-dealkylation sites (tertiary alicyclic amines) is 1. The minimum atomic E-state index is -0.347. The Morgan fingerprint density at radius 2 is 1.94 bits per heavy atom. The Morgan fingerprint density at radius 3 is 2.61 bits per heavy atom. The molecule has 1 aromatic rings. The lowest BCUT2D eigenvalue weighted by molar-refractivity contribution is -0.113.